The second kappa shape index (κ2) is 10.7. The molecule has 0 aliphatic carbocycles. The smallest absolute Gasteiger partial charge is 0.359 e. The van der Waals surface area contributed by atoms with Gasteiger partial charge in [0.15, 0.2) is 5.69 Å². The first kappa shape index (κ1) is 26.8. The lowest BCUT2D eigenvalue weighted by molar-refractivity contribution is -0.122. The topological polar surface area (TPSA) is 111 Å². The number of ether oxygens (including phenoxy) is 1. The maximum Gasteiger partial charge on any atom is 0.359 e. The number of thiophene rings is 1. The van der Waals surface area contributed by atoms with Crippen molar-refractivity contribution in [1.82, 2.24) is 9.78 Å². The molecule has 1 atom stereocenters. The van der Waals surface area contributed by atoms with Crippen LogP contribution in [0.1, 0.15) is 35.0 Å². The summed E-state index contributed by atoms with van der Waals surface area (Å²) in [6.45, 7) is 6.03. The molecule has 5 rings (SSSR count). The van der Waals surface area contributed by atoms with Gasteiger partial charge in [0, 0.05) is 33.9 Å². The number of fused-ring (bicyclic) bond motifs is 1. The Hall–Kier alpha value is -3.83. The van der Waals surface area contributed by atoms with Crippen molar-refractivity contribution in [3.63, 3.8) is 0 Å². The highest BCUT2D eigenvalue weighted by molar-refractivity contribution is 9.10. The number of anilines is 2. The number of rotatable bonds is 6. The fourth-order valence-electron chi connectivity index (χ4n) is 4.49. The van der Waals surface area contributed by atoms with Crippen LogP contribution in [0.5, 0.6) is 0 Å². The van der Waals surface area contributed by atoms with Gasteiger partial charge in [-0.05, 0) is 68.3 Å². The third kappa shape index (κ3) is 5.11. The molecule has 11 heteroatoms. The predicted molar refractivity (Wildman–Crippen MR) is 154 cm³/mol. The van der Waals surface area contributed by atoms with E-state index in [1.54, 1.807) is 41.5 Å². The van der Waals surface area contributed by atoms with E-state index in [4.69, 9.17) is 4.74 Å². The van der Waals surface area contributed by atoms with Gasteiger partial charge in [-0.25, -0.2) is 4.79 Å². The van der Waals surface area contributed by atoms with E-state index >= 15 is 0 Å². The molecule has 0 spiro atoms. The fourth-order valence-corrected chi connectivity index (χ4v) is 5.69. The van der Waals surface area contributed by atoms with Gasteiger partial charge in [0.2, 0.25) is 11.8 Å². The van der Waals surface area contributed by atoms with Crippen molar-refractivity contribution < 1.29 is 19.1 Å². The van der Waals surface area contributed by atoms with Crippen molar-refractivity contribution in [1.29, 1.82) is 0 Å². The molecule has 2 aromatic carbocycles. The van der Waals surface area contributed by atoms with Crippen LogP contribution in [0.3, 0.4) is 0 Å². The molecule has 3 heterocycles. The first-order chi connectivity index (χ1) is 18.7. The summed E-state index contributed by atoms with van der Waals surface area (Å²) in [5, 5.41) is 9.51. The number of aromatic nitrogens is 2. The number of aryl methyl sites for hydroxylation is 2. The maximum absolute atomic E-state index is 13.6. The minimum Gasteiger partial charge on any atom is -0.461 e. The normalized spacial score (nSPS) is 15.1. The molecule has 2 amide bonds. The van der Waals surface area contributed by atoms with Crippen LogP contribution in [-0.4, -0.2) is 40.7 Å². The van der Waals surface area contributed by atoms with Crippen molar-refractivity contribution in [2.45, 2.75) is 27.2 Å². The number of hydrogen-bond acceptors (Lipinski definition) is 7. The van der Waals surface area contributed by atoms with E-state index in [-0.39, 0.29) is 47.5 Å². The van der Waals surface area contributed by atoms with Gasteiger partial charge in [-0.1, -0.05) is 22.0 Å². The van der Waals surface area contributed by atoms with Crippen LogP contribution in [0.15, 0.2) is 57.1 Å². The van der Waals surface area contributed by atoms with Gasteiger partial charge < -0.3 is 15.0 Å². The molecule has 1 saturated heterocycles. The third-order valence-corrected chi connectivity index (χ3v) is 8.15. The summed E-state index contributed by atoms with van der Waals surface area (Å²) in [6, 6.07) is 12.7. The number of nitrogens with one attached hydrogen (secondary N) is 1. The summed E-state index contributed by atoms with van der Waals surface area (Å²) in [4.78, 5) is 54.1. The summed E-state index contributed by atoms with van der Waals surface area (Å²) < 4.78 is 7.13. The SMILES string of the molecule is CCOC(=O)c1nn(-c2ccc(Br)cc2)c(=O)c2c(NC(=O)C3CC(=O)N(c4ccc(C)c(C)c4)C3)scc12. The maximum atomic E-state index is 13.6. The molecule has 0 saturated carbocycles. The first-order valence-corrected chi connectivity index (χ1v) is 14.0. The Kier molecular flexibility index (Phi) is 7.37. The quantitative estimate of drug-likeness (QED) is 0.309. The van der Waals surface area contributed by atoms with Gasteiger partial charge in [0.05, 0.1) is 23.6 Å². The van der Waals surface area contributed by atoms with Crippen LogP contribution in [0.4, 0.5) is 10.7 Å². The number of carbonyl (C=O) groups is 3. The molecular weight excluding hydrogens is 584 g/mol. The number of nitrogens with zero attached hydrogens (tertiary/aromatic N) is 3. The molecule has 39 heavy (non-hydrogen) atoms. The number of esters is 1. The molecular formula is C28H25BrN4O5S. The summed E-state index contributed by atoms with van der Waals surface area (Å²) in [6.07, 6.45) is 0.0564. The Labute approximate surface area is 236 Å². The zero-order chi connectivity index (χ0) is 27.8. The molecule has 1 aliphatic heterocycles. The van der Waals surface area contributed by atoms with Crippen LogP contribution in [0, 0.1) is 19.8 Å². The summed E-state index contributed by atoms with van der Waals surface area (Å²) in [5.74, 6) is -1.78. The monoisotopic (exact) mass is 608 g/mol. The van der Waals surface area contributed by atoms with Crippen LogP contribution >= 0.6 is 27.3 Å². The minimum absolute atomic E-state index is 0.0249. The lowest BCUT2D eigenvalue weighted by Gasteiger charge is -2.18. The molecule has 0 bridgehead atoms. The standard InChI is InChI=1S/C28H25BrN4O5S/c1-4-38-28(37)24-21-14-39-26(23(21)27(36)33(31-24)19-9-6-18(29)7-10-19)30-25(35)17-12-22(34)32(13-17)20-8-5-15(2)16(3)11-20/h5-11,14,17H,4,12-13H2,1-3H3,(H,30,35). The van der Waals surface area contributed by atoms with E-state index in [1.165, 1.54) is 0 Å². The van der Waals surface area contributed by atoms with E-state index in [1.807, 2.05) is 32.0 Å². The Morgan fingerprint density at radius 3 is 2.51 bits per heavy atom. The van der Waals surface area contributed by atoms with Crippen molar-refractivity contribution in [3.8, 4) is 5.69 Å². The Morgan fingerprint density at radius 2 is 1.82 bits per heavy atom. The zero-order valence-electron chi connectivity index (χ0n) is 21.5. The number of carbonyl (C=O) groups excluding carboxylic acids is 3. The van der Waals surface area contributed by atoms with E-state index in [0.717, 1.165) is 37.3 Å². The number of benzene rings is 2. The summed E-state index contributed by atoms with van der Waals surface area (Å²) >= 11 is 4.50. The highest BCUT2D eigenvalue weighted by Gasteiger charge is 2.36. The second-order valence-electron chi connectivity index (χ2n) is 9.28. The number of amides is 2. The molecule has 1 aliphatic rings. The van der Waals surface area contributed by atoms with E-state index in [2.05, 4.69) is 26.3 Å². The third-order valence-electron chi connectivity index (χ3n) is 6.73. The Bertz CT molecular complexity index is 1680. The van der Waals surface area contributed by atoms with Crippen molar-refractivity contribution >= 4 is 66.5 Å². The van der Waals surface area contributed by atoms with Crippen molar-refractivity contribution in [2.75, 3.05) is 23.4 Å². The van der Waals surface area contributed by atoms with Gasteiger partial charge >= 0.3 is 5.97 Å². The molecule has 0 radical (unpaired) electrons. The first-order valence-electron chi connectivity index (χ1n) is 12.3. The zero-order valence-corrected chi connectivity index (χ0v) is 23.9. The predicted octanol–water partition coefficient (Wildman–Crippen LogP) is 4.99. The summed E-state index contributed by atoms with van der Waals surface area (Å²) in [7, 11) is 0. The van der Waals surface area contributed by atoms with E-state index in [9.17, 15) is 19.2 Å². The molecule has 1 N–H and O–H groups in total. The van der Waals surface area contributed by atoms with Gasteiger partial charge in [-0.15, -0.1) is 11.3 Å². The second-order valence-corrected chi connectivity index (χ2v) is 11.1. The molecule has 9 nitrogen and oxygen atoms in total. The van der Waals surface area contributed by atoms with Crippen molar-refractivity contribution in [3.05, 3.63) is 79.5 Å². The van der Waals surface area contributed by atoms with Crippen LogP contribution in [0.2, 0.25) is 0 Å². The molecule has 200 valence electrons. The largest absolute Gasteiger partial charge is 0.461 e. The van der Waals surface area contributed by atoms with Gasteiger partial charge in [-0.2, -0.15) is 9.78 Å². The van der Waals surface area contributed by atoms with E-state index < -0.39 is 17.4 Å². The Morgan fingerprint density at radius 1 is 1.10 bits per heavy atom. The van der Waals surface area contributed by atoms with E-state index in [0.29, 0.717) is 11.1 Å². The summed E-state index contributed by atoms with van der Waals surface area (Å²) in [5.41, 5.74) is 2.87. The van der Waals surface area contributed by atoms with Gasteiger partial charge in [0.25, 0.3) is 5.56 Å². The lowest BCUT2D eigenvalue weighted by Crippen LogP contribution is -2.29. The van der Waals surface area contributed by atoms with Crippen LogP contribution < -0.4 is 15.8 Å². The van der Waals surface area contributed by atoms with Crippen molar-refractivity contribution in [2.24, 2.45) is 5.92 Å². The number of halogens is 1. The van der Waals surface area contributed by atoms with Gasteiger partial charge in [-0.3, -0.25) is 14.4 Å². The highest BCUT2D eigenvalue weighted by atomic mass is 79.9. The lowest BCUT2D eigenvalue weighted by atomic mass is 10.1. The fraction of sp³-hybridized carbons (Fsp3) is 0.250. The van der Waals surface area contributed by atoms with Gasteiger partial charge in [0.1, 0.15) is 5.00 Å². The van der Waals surface area contributed by atoms with Crippen LogP contribution in [-0.2, 0) is 14.3 Å². The minimum atomic E-state index is -0.672. The Balaban J connectivity index is 1.49. The number of hydrogen-bond donors (Lipinski definition) is 1. The average molecular weight is 610 g/mol. The highest BCUT2D eigenvalue weighted by Crippen LogP contribution is 2.33. The molecule has 2 aromatic heterocycles. The molecule has 4 aromatic rings. The molecule has 1 fully saturated rings. The average Bonchev–Trinajstić information content (AvgIpc) is 3.51. The molecule has 1 unspecified atom stereocenters. The van der Waals surface area contributed by atoms with Crippen LogP contribution in [0.25, 0.3) is 16.5 Å².